The molecule has 1 aliphatic carbocycles. The van der Waals surface area contributed by atoms with Crippen molar-refractivity contribution >= 4 is 29.3 Å². The molecule has 1 fully saturated rings. The highest BCUT2D eigenvalue weighted by Crippen LogP contribution is 2.44. The topological polar surface area (TPSA) is 63.7 Å². The summed E-state index contributed by atoms with van der Waals surface area (Å²) in [5, 5.41) is -0.165. The van der Waals surface area contributed by atoms with Crippen molar-refractivity contribution in [1.82, 2.24) is 4.90 Å². The van der Waals surface area contributed by atoms with E-state index in [0.717, 1.165) is 23.9 Å². The van der Waals surface area contributed by atoms with Crippen LogP contribution in [0.15, 0.2) is 33.8 Å². The van der Waals surface area contributed by atoms with Crippen LogP contribution in [0.3, 0.4) is 0 Å². The smallest absolute Gasteiger partial charge is 0.344 e. The Hall–Kier alpha value is -1.95. The fraction of sp³-hybridized carbons (Fsp3) is 0.438. The molecule has 1 saturated carbocycles. The first-order valence-corrected chi connectivity index (χ1v) is 7.78. The predicted molar refractivity (Wildman–Crippen MR) is 79.8 cm³/mol. The zero-order chi connectivity index (χ0) is 16.9. The van der Waals surface area contributed by atoms with Crippen LogP contribution in [0.25, 0.3) is 0 Å². The Morgan fingerprint density at radius 3 is 2.65 bits per heavy atom. The summed E-state index contributed by atoms with van der Waals surface area (Å²) in [5.41, 5.74) is 0.200. The van der Waals surface area contributed by atoms with E-state index in [0.29, 0.717) is 0 Å². The number of halogens is 2. The second-order valence-corrected chi connectivity index (χ2v) is 6.11. The number of esters is 1. The van der Waals surface area contributed by atoms with Crippen LogP contribution in [-0.2, 0) is 19.1 Å². The van der Waals surface area contributed by atoms with Gasteiger partial charge in [0.05, 0.1) is 11.6 Å². The highest BCUT2D eigenvalue weighted by atomic mass is 35.5. The zero-order valence-corrected chi connectivity index (χ0v) is 13.4. The van der Waals surface area contributed by atoms with E-state index in [9.17, 15) is 18.8 Å². The van der Waals surface area contributed by atoms with E-state index in [1.807, 2.05) is 0 Å². The number of hydrogen-bond donors (Lipinski definition) is 0. The molecule has 1 atom stereocenters. The Morgan fingerprint density at radius 1 is 1.43 bits per heavy atom. The largest absolute Gasteiger partial charge is 0.462 e. The Labute approximate surface area is 137 Å². The maximum Gasteiger partial charge on any atom is 0.344 e. The molecule has 5 nitrogen and oxygen atoms in total. The SMILES string of the molecule is CCOC(=O)C1=C(C2CC2)C(=O)C2C(C)=C(Cl)C(F)=CN2C1=O. The molecule has 0 aromatic carbocycles. The molecule has 3 rings (SSSR count). The molecular weight excluding hydrogens is 325 g/mol. The number of hydrogen-bond acceptors (Lipinski definition) is 4. The molecule has 0 spiro atoms. The molecule has 1 amide bonds. The number of ether oxygens (including phenoxy) is 1. The van der Waals surface area contributed by atoms with E-state index < -0.39 is 23.7 Å². The molecule has 122 valence electrons. The summed E-state index contributed by atoms with van der Waals surface area (Å²) in [6.45, 7) is 3.21. The minimum absolute atomic E-state index is 0.0835. The minimum Gasteiger partial charge on any atom is -0.462 e. The van der Waals surface area contributed by atoms with Crippen LogP contribution in [0.4, 0.5) is 4.39 Å². The van der Waals surface area contributed by atoms with Gasteiger partial charge in [-0.25, -0.2) is 9.18 Å². The standard InChI is InChI=1S/C16H15ClFNO4/c1-3-23-16(22)11-10(8-4-5-8)14(20)13-7(2)12(17)9(18)6-19(13)15(11)21/h6,8,13H,3-5H2,1-2H3. The Bertz CT molecular complexity index is 718. The van der Waals surface area contributed by atoms with Gasteiger partial charge in [0.2, 0.25) is 0 Å². The lowest BCUT2D eigenvalue weighted by molar-refractivity contribution is -0.144. The highest BCUT2D eigenvalue weighted by molar-refractivity contribution is 6.33. The van der Waals surface area contributed by atoms with E-state index >= 15 is 0 Å². The van der Waals surface area contributed by atoms with Gasteiger partial charge in [-0.2, -0.15) is 0 Å². The van der Waals surface area contributed by atoms with Gasteiger partial charge < -0.3 is 4.74 Å². The lowest BCUT2D eigenvalue weighted by Crippen LogP contribution is -2.51. The Kier molecular flexibility index (Phi) is 3.88. The van der Waals surface area contributed by atoms with E-state index in [-0.39, 0.29) is 40.1 Å². The van der Waals surface area contributed by atoms with Crippen molar-refractivity contribution < 1.29 is 23.5 Å². The summed E-state index contributed by atoms with van der Waals surface area (Å²) in [6, 6.07) is -0.983. The van der Waals surface area contributed by atoms with Crippen molar-refractivity contribution in [3.05, 3.63) is 33.8 Å². The number of Topliss-reactive ketones (excluding diaryl/α,β-unsaturated/α-hetero) is 1. The Morgan fingerprint density at radius 2 is 2.09 bits per heavy atom. The van der Waals surface area contributed by atoms with Gasteiger partial charge in [-0.3, -0.25) is 14.5 Å². The fourth-order valence-electron chi connectivity index (χ4n) is 2.96. The van der Waals surface area contributed by atoms with Crippen LogP contribution in [0, 0.1) is 5.92 Å². The molecule has 2 aliphatic heterocycles. The zero-order valence-electron chi connectivity index (χ0n) is 12.7. The molecule has 0 bridgehead atoms. The van der Waals surface area contributed by atoms with Gasteiger partial charge >= 0.3 is 5.97 Å². The van der Waals surface area contributed by atoms with Gasteiger partial charge in [-0.1, -0.05) is 11.6 Å². The molecular formula is C16H15ClFNO4. The van der Waals surface area contributed by atoms with Crippen LogP contribution >= 0.6 is 11.6 Å². The second kappa shape index (κ2) is 5.60. The molecule has 0 saturated heterocycles. The first-order chi connectivity index (χ1) is 10.9. The number of rotatable bonds is 3. The van der Waals surface area contributed by atoms with Crippen molar-refractivity contribution in [3.8, 4) is 0 Å². The van der Waals surface area contributed by atoms with Gasteiger partial charge in [-0.15, -0.1) is 0 Å². The first-order valence-electron chi connectivity index (χ1n) is 7.40. The van der Waals surface area contributed by atoms with Crippen molar-refractivity contribution in [1.29, 1.82) is 0 Å². The molecule has 3 aliphatic rings. The number of fused-ring (bicyclic) bond motifs is 1. The monoisotopic (exact) mass is 339 g/mol. The van der Waals surface area contributed by atoms with Crippen molar-refractivity contribution in [2.45, 2.75) is 32.7 Å². The van der Waals surface area contributed by atoms with Crippen LogP contribution in [0.5, 0.6) is 0 Å². The maximum absolute atomic E-state index is 13.9. The molecule has 2 heterocycles. The molecule has 7 heteroatoms. The molecule has 0 aromatic rings. The summed E-state index contributed by atoms with van der Waals surface area (Å²) in [7, 11) is 0. The summed E-state index contributed by atoms with van der Waals surface area (Å²) in [4.78, 5) is 38.7. The van der Waals surface area contributed by atoms with E-state index in [4.69, 9.17) is 16.3 Å². The van der Waals surface area contributed by atoms with Gasteiger partial charge in [0.1, 0.15) is 11.6 Å². The van der Waals surface area contributed by atoms with Crippen LogP contribution < -0.4 is 0 Å². The maximum atomic E-state index is 13.9. The molecule has 0 aromatic heterocycles. The van der Waals surface area contributed by atoms with Gasteiger partial charge in [0.25, 0.3) is 5.91 Å². The average molecular weight is 340 g/mol. The lowest BCUT2D eigenvalue weighted by atomic mass is 9.84. The number of carbonyl (C=O) groups excluding carboxylic acids is 3. The summed E-state index contributed by atoms with van der Waals surface area (Å²) in [6.07, 6.45) is 2.36. The average Bonchev–Trinajstić information content (AvgIpc) is 3.32. The van der Waals surface area contributed by atoms with Crippen LogP contribution in [0.1, 0.15) is 26.7 Å². The number of amides is 1. The quantitative estimate of drug-likeness (QED) is 0.585. The van der Waals surface area contributed by atoms with Gasteiger partial charge in [0, 0.05) is 11.8 Å². The third kappa shape index (κ3) is 2.41. The van der Waals surface area contributed by atoms with Crippen LogP contribution in [-0.4, -0.2) is 35.2 Å². The fourth-order valence-corrected chi connectivity index (χ4v) is 3.11. The van der Waals surface area contributed by atoms with Gasteiger partial charge in [0.15, 0.2) is 11.6 Å². The van der Waals surface area contributed by atoms with Crippen molar-refractivity contribution in [3.63, 3.8) is 0 Å². The molecule has 1 unspecified atom stereocenters. The summed E-state index contributed by atoms with van der Waals surface area (Å²) >= 11 is 5.88. The van der Waals surface area contributed by atoms with Crippen LogP contribution in [0.2, 0.25) is 0 Å². The second-order valence-electron chi connectivity index (χ2n) is 5.74. The van der Waals surface area contributed by atoms with E-state index in [2.05, 4.69) is 0 Å². The van der Waals surface area contributed by atoms with Crippen molar-refractivity contribution in [2.75, 3.05) is 6.61 Å². The number of nitrogens with zero attached hydrogens (tertiary/aromatic N) is 1. The third-order valence-corrected chi connectivity index (χ3v) is 4.67. The summed E-state index contributed by atoms with van der Waals surface area (Å²) in [5.74, 6) is -2.85. The van der Waals surface area contributed by atoms with Gasteiger partial charge in [-0.05, 0) is 38.2 Å². The van der Waals surface area contributed by atoms with E-state index in [1.54, 1.807) is 6.92 Å². The lowest BCUT2D eigenvalue weighted by Gasteiger charge is -2.37. The molecule has 0 radical (unpaired) electrons. The normalized spacial score (nSPS) is 24.8. The number of ketones is 1. The number of carbonyl (C=O) groups is 3. The summed E-state index contributed by atoms with van der Waals surface area (Å²) < 4.78 is 18.8. The molecule has 23 heavy (non-hydrogen) atoms. The van der Waals surface area contributed by atoms with Crippen molar-refractivity contribution in [2.24, 2.45) is 5.92 Å². The minimum atomic E-state index is -0.983. The molecule has 0 N–H and O–H groups in total. The third-order valence-electron chi connectivity index (χ3n) is 4.19. The Balaban J connectivity index is 2.15. The van der Waals surface area contributed by atoms with E-state index in [1.165, 1.54) is 6.92 Å². The number of allylic oxidation sites excluding steroid dienone is 2. The highest BCUT2D eigenvalue weighted by Gasteiger charge is 2.50. The predicted octanol–water partition coefficient (Wildman–Crippen LogP) is 2.37. The first kappa shape index (κ1) is 15.9.